The van der Waals surface area contributed by atoms with Crippen molar-refractivity contribution in [3.63, 3.8) is 0 Å². The van der Waals surface area contributed by atoms with Crippen molar-refractivity contribution in [3.05, 3.63) is 0 Å². The lowest BCUT2D eigenvalue weighted by molar-refractivity contribution is -0.297. The highest BCUT2D eigenvalue weighted by Crippen LogP contribution is 2.24. The van der Waals surface area contributed by atoms with Crippen molar-refractivity contribution < 1.29 is 56.8 Å². The second-order valence-corrected chi connectivity index (χ2v) is 22.5. The van der Waals surface area contributed by atoms with Gasteiger partial charge in [-0.1, -0.05) is 271 Å². The Morgan fingerprint density at radius 3 is 1.04 bits per heavy atom. The van der Waals surface area contributed by atoms with Crippen LogP contribution in [0.15, 0.2) is 0 Å². The van der Waals surface area contributed by atoms with E-state index in [-0.39, 0.29) is 19.4 Å². The molecule has 70 heavy (non-hydrogen) atoms. The van der Waals surface area contributed by atoms with Crippen LogP contribution in [-0.4, -0.2) is 96.0 Å². The molecule has 0 amide bonds. The molecule has 0 radical (unpaired) electrons. The van der Waals surface area contributed by atoms with Crippen LogP contribution in [0.3, 0.4) is 0 Å². The minimum absolute atomic E-state index is 0.173. The Morgan fingerprint density at radius 1 is 0.429 bits per heavy atom. The van der Waals surface area contributed by atoms with Crippen LogP contribution >= 0.6 is 0 Å². The average Bonchev–Trinajstić information content (AvgIpc) is 3.33. The number of ether oxygens (including phenoxy) is 4. The molecule has 1 rings (SSSR count). The molecular weight excluding hydrogens is 909 g/mol. The number of hydrogen-bond donors (Lipinski definition) is 4. The number of unbranched alkanes of at least 4 members (excludes halogenated alkanes) is 40. The standard InChI is InChI=1S/C57H110O12S/c1-3-5-7-9-11-13-15-17-19-21-23-24-25-26-28-29-31-33-35-37-39-41-43-45-52(58)66-47-50(48-67-57-56(62)55(61)54(60)51(69-57)49-70(63,64)65)68-53(59)46-44-42-40-38-36-34-32-30-27-22-20-18-16-14-12-10-8-6-4-2/h50-51,54-57,60-62H,3-49H2,1-2H3,(H,63,64,65)/t50-,51-,54-,55?,56?,57+/m1/s1. The summed E-state index contributed by atoms with van der Waals surface area (Å²) >= 11 is 0. The number of carbonyl (C=O) groups excluding carboxylic acids is 2. The molecule has 0 aliphatic carbocycles. The summed E-state index contributed by atoms with van der Waals surface area (Å²) in [5, 5.41) is 31.1. The fourth-order valence-electron chi connectivity index (χ4n) is 9.62. The summed E-state index contributed by atoms with van der Waals surface area (Å²) in [6.07, 6.45) is 44.3. The average molecular weight is 1020 g/mol. The third kappa shape index (κ3) is 41.1. The molecule has 0 aromatic carbocycles. The maximum atomic E-state index is 12.9. The normalized spacial score (nSPS) is 18.9. The van der Waals surface area contributed by atoms with Gasteiger partial charge in [0.25, 0.3) is 10.1 Å². The second kappa shape index (κ2) is 47.4. The van der Waals surface area contributed by atoms with Crippen LogP contribution in [0.5, 0.6) is 0 Å². The fourth-order valence-corrected chi connectivity index (χ4v) is 10.3. The third-order valence-corrected chi connectivity index (χ3v) is 14.9. The van der Waals surface area contributed by atoms with Gasteiger partial charge in [0.2, 0.25) is 0 Å². The van der Waals surface area contributed by atoms with Gasteiger partial charge in [0.1, 0.15) is 36.8 Å². The largest absolute Gasteiger partial charge is 0.462 e. The molecule has 0 spiro atoms. The summed E-state index contributed by atoms with van der Waals surface area (Å²) in [7, 11) is -4.60. The van der Waals surface area contributed by atoms with E-state index in [2.05, 4.69) is 13.8 Å². The molecule has 1 aliphatic rings. The smallest absolute Gasteiger partial charge is 0.306 e. The van der Waals surface area contributed by atoms with Gasteiger partial charge in [0, 0.05) is 12.8 Å². The van der Waals surface area contributed by atoms with Crippen molar-refractivity contribution in [2.75, 3.05) is 19.0 Å². The molecule has 0 bridgehead atoms. The lowest BCUT2D eigenvalue weighted by Crippen LogP contribution is -2.60. The molecule has 13 heteroatoms. The van der Waals surface area contributed by atoms with E-state index in [1.165, 1.54) is 218 Å². The zero-order chi connectivity index (χ0) is 51.2. The number of aliphatic hydroxyl groups excluding tert-OH is 3. The summed E-state index contributed by atoms with van der Waals surface area (Å²) in [5.41, 5.74) is 0. The predicted molar refractivity (Wildman–Crippen MR) is 284 cm³/mol. The van der Waals surface area contributed by atoms with E-state index < -0.39 is 71.2 Å². The van der Waals surface area contributed by atoms with E-state index in [1.807, 2.05) is 0 Å². The van der Waals surface area contributed by atoms with Crippen LogP contribution in [0.1, 0.15) is 296 Å². The Bertz CT molecular complexity index is 1280. The number of hydrogen-bond acceptors (Lipinski definition) is 11. The monoisotopic (exact) mass is 1020 g/mol. The van der Waals surface area contributed by atoms with Gasteiger partial charge in [-0.3, -0.25) is 14.1 Å². The van der Waals surface area contributed by atoms with Gasteiger partial charge in [-0.15, -0.1) is 0 Å². The molecule has 1 fully saturated rings. The van der Waals surface area contributed by atoms with Crippen LogP contribution in [0.4, 0.5) is 0 Å². The van der Waals surface area contributed by atoms with Crippen LogP contribution < -0.4 is 0 Å². The van der Waals surface area contributed by atoms with E-state index in [0.29, 0.717) is 12.8 Å². The lowest BCUT2D eigenvalue weighted by atomic mass is 10.00. The van der Waals surface area contributed by atoms with Gasteiger partial charge in [-0.2, -0.15) is 8.42 Å². The molecule has 1 saturated heterocycles. The predicted octanol–water partition coefficient (Wildman–Crippen LogP) is 14.4. The molecule has 2 unspecified atom stereocenters. The quantitative estimate of drug-likeness (QED) is 0.0257. The molecule has 0 aromatic rings. The number of rotatable bonds is 52. The second-order valence-electron chi connectivity index (χ2n) is 21.0. The summed E-state index contributed by atoms with van der Waals surface area (Å²) in [5.74, 6) is -1.95. The SMILES string of the molecule is CCCCCCCCCCCCCCCCCCCCCCCCCC(=O)OC[C@H](CO[C@H]1O[C@H](CS(=O)(=O)O)[C@@H](O)C(O)C1O)OC(=O)CCCCCCCCCCCCCCCCCCCCC. The van der Waals surface area contributed by atoms with Gasteiger partial charge in [-0.25, -0.2) is 0 Å². The maximum absolute atomic E-state index is 12.9. The zero-order valence-electron chi connectivity index (χ0n) is 45.2. The van der Waals surface area contributed by atoms with Gasteiger partial charge in [-0.05, 0) is 12.8 Å². The molecule has 1 aliphatic heterocycles. The first-order valence-electron chi connectivity index (χ1n) is 29.6. The van der Waals surface area contributed by atoms with Crippen LogP contribution in [0, 0.1) is 0 Å². The molecule has 0 saturated carbocycles. The van der Waals surface area contributed by atoms with Crippen molar-refractivity contribution in [2.45, 2.75) is 333 Å². The Hall–Kier alpha value is -1.35. The fraction of sp³-hybridized carbons (Fsp3) is 0.965. The van der Waals surface area contributed by atoms with Crippen molar-refractivity contribution in [1.29, 1.82) is 0 Å². The first-order chi connectivity index (χ1) is 34.0. The van der Waals surface area contributed by atoms with Gasteiger partial charge in [0.15, 0.2) is 12.4 Å². The van der Waals surface area contributed by atoms with E-state index >= 15 is 0 Å². The van der Waals surface area contributed by atoms with Crippen LogP contribution in [-0.2, 0) is 38.7 Å². The third-order valence-electron chi connectivity index (χ3n) is 14.2. The van der Waals surface area contributed by atoms with Gasteiger partial charge in [0.05, 0.1) is 6.61 Å². The molecular formula is C57H110O12S. The molecule has 1 heterocycles. The highest BCUT2D eigenvalue weighted by Gasteiger charge is 2.46. The minimum atomic E-state index is -4.60. The molecule has 4 N–H and O–H groups in total. The Kier molecular flexibility index (Phi) is 45.1. The van der Waals surface area contributed by atoms with Gasteiger partial charge < -0.3 is 34.3 Å². The topological polar surface area (TPSA) is 186 Å². The van der Waals surface area contributed by atoms with Crippen molar-refractivity contribution in [1.82, 2.24) is 0 Å². The first kappa shape index (κ1) is 66.7. The molecule has 6 atom stereocenters. The van der Waals surface area contributed by atoms with E-state index in [4.69, 9.17) is 18.9 Å². The van der Waals surface area contributed by atoms with Crippen molar-refractivity contribution >= 4 is 22.1 Å². The molecule has 416 valence electrons. The summed E-state index contributed by atoms with van der Waals surface area (Å²) in [6, 6.07) is 0. The number of carbonyl (C=O) groups is 2. The highest BCUT2D eigenvalue weighted by molar-refractivity contribution is 7.85. The van der Waals surface area contributed by atoms with Crippen molar-refractivity contribution in [3.8, 4) is 0 Å². The van der Waals surface area contributed by atoms with Crippen molar-refractivity contribution in [2.24, 2.45) is 0 Å². The summed E-state index contributed by atoms with van der Waals surface area (Å²) in [4.78, 5) is 25.6. The summed E-state index contributed by atoms with van der Waals surface area (Å²) < 4.78 is 54.4. The highest BCUT2D eigenvalue weighted by atomic mass is 32.2. The van der Waals surface area contributed by atoms with E-state index in [9.17, 15) is 37.9 Å². The molecule has 0 aromatic heterocycles. The van der Waals surface area contributed by atoms with Crippen LogP contribution in [0.25, 0.3) is 0 Å². The first-order valence-corrected chi connectivity index (χ1v) is 31.2. The zero-order valence-corrected chi connectivity index (χ0v) is 46.0. The molecule has 12 nitrogen and oxygen atoms in total. The maximum Gasteiger partial charge on any atom is 0.306 e. The van der Waals surface area contributed by atoms with E-state index in [0.717, 1.165) is 38.5 Å². The Balaban J connectivity index is 2.27. The van der Waals surface area contributed by atoms with Crippen LogP contribution in [0.2, 0.25) is 0 Å². The Labute approximate surface area is 429 Å². The Morgan fingerprint density at radius 2 is 0.729 bits per heavy atom. The minimum Gasteiger partial charge on any atom is -0.462 e. The van der Waals surface area contributed by atoms with E-state index in [1.54, 1.807) is 0 Å². The van der Waals surface area contributed by atoms with Gasteiger partial charge >= 0.3 is 11.9 Å². The lowest BCUT2D eigenvalue weighted by Gasteiger charge is -2.40. The summed E-state index contributed by atoms with van der Waals surface area (Å²) in [6.45, 7) is 3.84. The number of aliphatic hydroxyl groups is 3. The number of esters is 2.